The summed E-state index contributed by atoms with van der Waals surface area (Å²) < 4.78 is 32.9. The Balaban J connectivity index is 1.86. The molecule has 1 N–H and O–H groups in total. The predicted octanol–water partition coefficient (Wildman–Crippen LogP) is 3.25. The van der Waals surface area contributed by atoms with Crippen LogP contribution in [0.4, 0.5) is 17.5 Å². The highest BCUT2D eigenvalue weighted by Gasteiger charge is 2.20. The van der Waals surface area contributed by atoms with E-state index in [-0.39, 0.29) is 0 Å². The van der Waals surface area contributed by atoms with Crippen molar-refractivity contribution in [2.45, 2.75) is 0 Å². The average molecular weight is 456 g/mol. The number of nitrogens with one attached hydrogen (secondary N) is 1. The molecule has 2 aromatic carbocycles. The fourth-order valence-corrected chi connectivity index (χ4v) is 3.73. The summed E-state index contributed by atoms with van der Waals surface area (Å²) in [5.74, 6) is 3.97. The zero-order valence-electron chi connectivity index (χ0n) is 19.4. The van der Waals surface area contributed by atoms with Crippen molar-refractivity contribution in [3.8, 4) is 28.7 Å². The van der Waals surface area contributed by atoms with E-state index >= 15 is 0 Å². The second-order valence-electron chi connectivity index (χ2n) is 7.23. The smallest absolute Gasteiger partial charge is 0.228 e. The van der Waals surface area contributed by atoms with Crippen molar-refractivity contribution in [3.63, 3.8) is 0 Å². The van der Waals surface area contributed by atoms with Gasteiger partial charge in [0, 0.05) is 42.4 Å². The van der Waals surface area contributed by atoms with Crippen molar-refractivity contribution in [1.82, 2.24) is 9.97 Å². The number of fused-ring (bicyclic) bond motifs is 1. The molecule has 1 fully saturated rings. The zero-order chi connectivity index (χ0) is 23.4. The molecule has 1 aromatic heterocycles. The minimum atomic E-state index is 0.513. The van der Waals surface area contributed by atoms with Gasteiger partial charge in [-0.05, 0) is 6.07 Å². The van der Waals surface area contributed by atoms with Gasteiger partial charge < -0.3 is 38.6 Å². The van der Waals surface area contributed by atoms with E-state index in [9.17, 15) is 0 Å². The van der Waals surface area contributed by atoms with E-state index in [0.717, 1.165) is 10.9 Å². The van der Waals surface area contributed by atoms with Crippen LogP contribution in [0.1, 0.15) is 0 Å². The molecule has 10 heteroatoms. The van der Waals surface area contributed by atoms with E-state index in [4.69, 9.17) is 38.4 Å². The van der Waals surface area contributed by atoms with Crippen molar-refractivity contribution in [2.24, 2.45) is 0 Å². The molecule has 3 aromatic rings. The summed E-state index contributed by atoms with van der Waals surface area (Å²) in [4.78, 5) is 11.7. The van der Waals surface area contributed by atoms with Gasteiger partial charge in [-0.15, -0.1) is 0 Å². The van der Waals surface area contributed by atoms with Gasteiger partial charge in [-0.2, -0.15) is 4.98 Å². The molecule has 4 rings (SSSR count). The van der Waals surface area contributed by atoms with Gasteiger partial charge in [0.1, 0.15) is 5.82 Å². The second-order valence-corrected chi connectivity index (χ2v) is 7.23. The summed E-state index contributed by atoms with van der Waals surface area (Å²) in [7, 11) is 7.92. The van der Waals surface area contributed by atoms with Crippen LogP contribution in [0, 0.1) is 0 Å². The summed E-state index contributed by atoms with van der Waals surface area (Å²) in [5.41, 5.74) is 1.44. The topological polar surface area (TPSA) is 96.4 Å². The molecule has 33 heavy (non-hydrogen) atoms. The van der Waals surface area contributed by atoms with Gasteiger partial charge in [0.15, 0.2) is 23.0 Å². The van der Waals surface area contributed by atoms with Crippen LogP contribution >= 0.6 is 0 Å². The molecule has 0 saturated carbocycles. The van der Waals surface area contributed by atoms with Crippen LogP contribution in [0.5, 0.6) is 28.7 Å². The maximum atomic E-state index is 5.51. The second kappa shape index (κ2) is 9.86. The molecule has 0 aliphatic carbocycles. The molecule has 0 unspecified atom stereocenters. The molecule has 176 valence electrons. The third-order valence-corrected chi connectivity index (χ3v) is 5.41. The predicted molar refractivity (Wildman–Crippen MR) is 125 cm³/mol. The first-order valence-electron chi connectivity index (χ1n) is 10.4. The molecule has 0 spiro atoms. The Labute approximate surface area is 192 Å². The molecule has 1 aliphatic heterocycles. The van der Waals surface area contributed by atoms with Gasteiger partial charge in [-0.1, -0.05) is 0 Å². The average Bonchev–Trinajstić information content (AvgIpc) is 2.87. The van der Waals surface area contributed by atoms with Crippen LogP contribution in [-0.2, 0) is 4.74 Å². The monoisotopic (exact) mass is 456 g/mol. The lowest BCUT2D eigenvalue weighted by Crippen LogP contribution is -2.37. The lowest BCUT2D eigenvalue weighted by atomic mass is 10.2. The number of aromatic nitrogens is 2. The number of rotatable bonds is 8. The first-order valence-corrected chi connectivity index (χ1v) is 10.4. The molecule has 0 atom stereocenters. The molecule has 0 bridgehead atoms. The number of morpholine rings is 1. The van der Waals surface area contributed by atoms with Gasteiger partial charge in [-0.3, -0.25) is 0 Å². The van der Waals surface area contributed by atoms with Crippen molar-refractivity contribution < 1.29 is 28.4 Å². The summed E-state index contributed by atoms with van der Waals surface area (Å²) in [6.07, 6.45) is 0. The highest BCUT2D eigenvalue weighted by Crippen LogP contribution is 2.42. The number of anilines is 3. The zero-order valence-corrected chi connectivity index (χ0v) is 19.4. The SMILES string of the molecule is COc1cc2nc(N3CCOCC3)nc(Nc3cc(OC)c(OC)c(OC)c3)c2cc1OC. The number of hydrogen-bond donors (Lipinski definition) is 1. The van der Waals surface area contributed by atoms with E-state index in [1.807, 2.05) is 24.3 Å². The van der Waals surface area contributed by atoms with Crippen LogP contribution in [0.2, 0.25) is 0 Å². The fraction of sp³-hybridized carbons (Fsp3) is 0.391. The third kappa shape index (κ3) is 4.47. The maximum absolute atomic E-state index is 5.51. The normalized spacial score (nSPS) is 13.5. The standard InChI is InChI=1S/C23H28N4O6/c1-28-17-12-15-16(13-18(17)29-2)25-23(27-6-8-33-9-7-27)26-22(15)24-14-10-19(30-3)21(32-5)20(11-14)31-4/h10-13H,6-9H2,1-5H3,(H,24,25,26). The summed E-state index contributed by atoms with van der Waals surface area (Å²) in [5, 5.41) is 4.17. The fourth-order valence-electron chi connectivity index (χ4n) is 3.73. The maximum Gasteiger partial charge on any atom is 0.228 e. The van der Waals surface area contributed by atoms with Crippen molar-refractivity contribution in [1.29, 1.82) is 0 Å². The van der Waals surface area contributed by atoms with Crippen LogP contribution in [0.25, 0.3) is 10.9 Å². The Kier molecular flexibility index (Phi) is 6.74. The Morgan fingerprint density at radius 2 is 1.36 bits per heavy atom. The molecule has 2 heterocycles. The molecule has 1 saturated heterocycles. The molecule has 0 radical (unpaired) electrons. The molecular weight excluding hydrogens is 428 g/mol. The van der Waals surface area contributed by atoms with Gasteiger partial charge in [0.25, 0.3) is 0 Å². The minimum Gasteiger partial charge on any atom is -0.493 e. The summed E-state index contributed by atoms with van der Waals surface area (Å²) in [6, 6.07) is 7.35. The number of methoxy groups -OCH3 is 5. The number of hydrogen-bond acceptors (Lipinski definition) is 10. The Morgan fingerprint density at radius 1 is 0.758 bits per heavy atom. The molecular formula is C23H28N4O6. The first kappa shape index (κ1) is 22.5. The minimum absolute atomic E-state index is 0.513. The van der Waals surface area contributed by atoms with E-state index in [2.05, 4.69) is 10.2 Å². The highest BCUT2D eigenvalue weighted by molar-refractivity contribution is 5.94. The van der Waals surface area contributed by atoms with Crippen molar-refractivity contribution >= 4 is 28.4 Å². The van der Waals surface area contributed by atoms with Crippen LogP contribution in [-0.4, -0.2) is 71.8 Å². The van der Waals surface area contributed by atoms with Gasteiger partial charge >= 0.3 is 0 Å². The number of ether oxygens (including phenoxy) is 6. The molecule has 0 amide bonds. The lowest BCUT2D eigenvalue weighted by Gasteiger charge is -2.27. The quantitative estimate of drug-likeness (QED) is 0.544. The van der Waals surface area contributed by atoms with Crippen molar-refractivity contribution in [3.05, 3.63) is 24.3 Å². The molecule has 1 aliphatic rings. The van der Waals surface area contributed by atoms with E-state index in [1.165, 1.54) is 0 Å². The van der Waals surface area contributed by atoms with Crippen LogP contribution in [0.15, 0.2) is 24.3 Å². The van der Waals surface area contributed by atoms with Gasteiger partial charge in [0.05, 0.1) is 54.3 Å². The highest BCUT2D eigenvalue weighted by atomic mass is 16.5. The van der Waals surface area contributed by atoms with Crippen molar-refractivity contribution in [2.75, 3.05) is 72.1 Å². The Morgan fingerprint density at radius 3 is 1.94 bits per heavy atom. The van der Waals surface area contributed by atoms with Crippen LogP contribution < -0.4 is 33.9 Å². The summed E-state index contributed by atoms with van der Waals surface area (Å²) >= 11 is 0. The Bertz CT molecular complexity index is 1110. The van der Waals surface area contributed by atoms with E-state index in [1.54, 1.807) is 35.5 Å². The van der Waals surface area contributed by atoms with E-state index in [0.29, 0.717) is 72.5 Å². The van der Waals surface area contributed by atoms with E-state index < -0.39 is 0 Å². The lowest BCUT2D eigenvalue weighted by molar-refractivity contribution is 0.122. The summed E-state index contributed by atoms with van der Waals surface area (Å²) in [6.45, 7) is 2.68. The van der Waals surface area contributed by atoms with Crippen LogP contribution in [0.3, 0.4) is 0 Å². The first-order chi connectivity index (χ1) is 16.1. The third-order valence-electron chi connectivity index (χ3n) is 5.41. The number of benzene rings is 2. The van der Waals surface area contributed by atoms with Gasteiger partial charge in [-0.25, -0.2) is 4.98 Å². The van der Waals surface area contributed by atoms with Gasteiger partial charge in [0.2, 0.25) is 11.7 Å². The molecule has 10 nitrogen and oxygen atoms in total. The largest absolute Gasteiger partial charge is 0.493 e. The Hall–Kier alpha value is -3.66. The number of nitrogens with zero attached hydrogens (tertiary/aromatic N) is 3.